The first kappa shape index (κ1) is 22.4. The van der Waals surface area contributed by atoms with Crippen molar-refractivity contribution in [1.82, 2.24) is 14.4 Å². The Morgan fingerprint density at radius 2 is 1.79 bits per heavy atom. The Kier molecular flexibility index (Phi) is 4.41. The Morgan fingerprint density at radius 3 is 2.67 bits per heavy atom. The zero-order chi connectivity index (χ0) is 26.5. The lowest BCUT2D eigenvalue weighted by molar-refractivity contribution is 0.616. The van der Waals surface area contributed by atoms with E-state index in [0.29, 0.717) is 5.92 Å². The lowest BCUT2D eigenvalue weighted by Gasteiger charge is -2.30. The summed E-state index contributed by atoms with van der Waals surface area (Å²) in [4.78, 5) is 11.9. The van der Waals surface area contributed by atoms with Crippen molar-refractivity contribution in [3.8, 4) is 22.3 Å². The summed E-state index contributed by atoms with van der Waals surface area (Å²) in [6.45, 7) is 8.97. The van der Waals surface area contributed by atoms with Crippen molar-refractivity contribution >= 4 is 39.8 Å². The van der Waals surface area contributed by atoms with Gasteiger partial charge in [-0.1, -0.05) is 45.9 Å². The molecule has 5 heterocycles. The third-order valence-corrected chi connectivity index (χ3v) is 8.30. The number of aromatic nitrogens is 3. The number of nitrogens with zero attached hydrogens (tertiary/aromatic N) is 4. The predicted molar refractivity (Wildman–Crippen MR) is 158 cm³/mol. The van der Waals surface area contributed by atoms with Crippen molar-refractivity contribution in [1.29, 1.82) is 0 Å². The summed E-state index contributed by atoms with van der Waals surface area (Å²) in [5.41, 5.74) is 13.4. The average Bonchev–Trinajstić information content (AvgIpc) is 3.64. The number of fused-ring (bicyclic) bond motifs is 10. The highest BCUT2D eigenvalue weighted by atomic mass is 16.3. The summed E-state index contributed by atoms with van der Waals surface area (Å²) in [7, 11) is 0. The lowest BCUT2D eigenvalue weighted by atomic mass is 9.80. The van der Waals surface area contributed by atoms with E-state index in [0.717, 1.165) is 50.5 Å². The molecule has 6 aromatic rings. The van der Waals surface area contributed by atoms with Crippen LogP contribution in [-0.2, 0) is 5.41 Å². The van der Waals surface area contributed by atoms with Crippen LogP contribution >= 0.6 is 0 Å². The molecule has 0 saturated carbocycles. The molecule has 1 aliphatic heterocycles. The third-order valence-electron chi connectivity index (χ3n) is 8.30. The molecule has 4 aromatic heterocycles. The smallest absolute Gasteiger partial charge is 0.137 e. The Morgan fingerprint density at radius 1 is 0.897 bits per heavy atom. The minimum atomic E-state index is -0.102. The molecular weight excluding hydrogens is 480 g/mol. The monoisotopic (exact) mass is 508 g/mol. The first-order chi connectivity index (χ1) is 18.9. The van der Waals surface area contributed by atoms with Crippen LogP contribution < -0.4 is 4.90 Å². The molecule has 5 nitrogen and oxygen atoms in total. The SMILES string of the molecule is CC(C)c1cn2cc(N3c4ccc5c(c4-c4ccncc4-c4ccc6occc6c43)C(C)(C)C=C5)ccc2n1. The van der Waals surface area contributed by atoms with Crippen molar-refractivity contribution < 1.29 is 4.42 Å². The number of furan rings is 1. The first-order valence-electron chi connectivity index (χ1n) is 13.5. The quantitative estimate of drug-likeness (QED) is 0.234. The molecule has 0 amide bonds. The third kappa shape index (κ3) is 3.07. The molecule has 0 unspecified atom stereocenters. The van der Waals surface area contributed by atoms with Gasteiger partial charge in [-0.05, 0) is 65.1 Å². The molecular formula is C34H28N4O. The molecule has 0 N–H and O–H groups in total. The molecule has 2 aromatic carbocycles. The second kappa shape index (κ2) is 7.70. The second-order valence-corrected chi connectivity index (χ2v) is 11.5. The van der Waals surface area contributed by atoms with Crippen LogP contribution in [0.1, 0.15) is 50.4 Å². The van der Waals surface area contributed by atoms with Gasteiger partial charge in [-0.3, -0.25) is 4.98 Å². The maximum absolute atomic E-state index is 5.92. The van der Waals surface area contributed by atoms with Crippen molar-refractivity contribution in [3.63, 3.8) is 0 Å². The fourth-order valence-corrected chi connectivity index (χ4v) is 6.39. The molecule has 1 aliphatic carbocycles. The van der Waals surface area contributed by atoms with Gasteiger partial charge in [0.2, 0.25) is 0 Å². The fourth-order valence-electron chi connectivity index (χ4n) is 6.39. The van der Waals surface area contributed by atoms with Gasteiger partial charge in [-0.2, -0.15) is 0 Å². The van der Waals surface area contributed by atoms with Crippen LogP contribution in [0.3, 0.4) is 0 Å². The lowest BCUT2D eigenvalue weighted by Crippen LogP contribution is -2.17. The Balaban J connectivity index is 1.52. The number of benzene rings is 2. The van der Waals surface area contributed by atoms with Gasteiger partial charge in [0.05, 0.1) is 29.0 Å². The summed E-state index contributed by atoms with van der Waals surface area (Å²) in [6, 6.07) is 17.3. The Bertz CT molecular complexity index is 1990. The van der Waals surface area contributed by atoms with E-state index < -0.39 is 0 Å². The van der Waals surface area contributed by atoms with E-state index in [4.69, 9.17) is 9.40 Å². The average molecular weight is 509 g/mol. The van der Waals surface area contributed by atoms with Crippen molar-refractivity contribution in [2.45, 2.75) is 39.0 Å². The van der Waals surface area contributed by atoms with Gasteiger partial charge in [0.25, 0.3) is 0 Å². The zero-order valence-corrected chi connectivity index (χ0v) is 22.4. The van der Waals surface area contributed by atoms with Gasteiger partial charge in [-0.15, -0.1) is 0 Å². The van der Waals surface area contributed by atoms with Crippen molar-refractivity contribution in [2.24, 2.45) is 0 Å². The molecule has 5 heteroatoms. The second-order valence-electron chi connectivity index (χ2n) is 11.5. The number of rotatable bonds is 2. The highest BCUT2D eigenvalue weighted by Crippen LogP contribution is 2.56. The molecule has 0 saturated heterocycles. The van der Waals surface area contributed by atoms with E-state index in [9.17, 15) is 0 Å². The molecule has 190 valence electrons. The van der Waals surface area contributed by atoms with E-state index in [1.54, 1.807) is 6.26 Å². The normalized spacial score (nSPS) is 14.9. The van der Waals surface area contributed by atoms with E-state index in [1.165, 1.54) is 22.3 Å². The highest BCUT2D eigenvalue weighted by Gasteiger charge is 2.36. The number of anilines is 3. The van der Waals surface area contributed by atoms with Gasteiger partial charge < -0.3 is 13.7 Å². The van der Waals surface area contributed by atoms with Gasteiger partial charge in [-0.25, -0.2) is 4.98 Å². The largest absolute Gasteiger partial charge is 0.464 e. The molecule has 39 heavy (non-hydrogen) atoms. The van der Waals surface area contributed by atoms with Crippen molar-refractivity contribution in [3.05, 3.63) is 102 Å². The Hall–Kier alpha value is -4.64. The summed E-state index contributed by atoms with van der Waals surface area (Å²) in [5.74, 6) is 0.359. The zero-order valence-electron chi connectivity index (χ0n) is 22.4. The standard InChI is InChI=1S/C34H28N4O/c1-20(2)27-19-37-18-22(6-10-30(37)36-27)38-28-8-5-21-11-14-34(3,4)32(21)31(28)23-12-15-35-17-26(23)24-7-9-29-25(33(24)38)13-16-39-29/h5-20H,1-4H3. The van der Waals surface area contributed by atoms with Crippen LogP contribution in [0.2, 0.25) is 0 Å². The number of hydrogen-bond donors (Lipinski definition) is 0. The topological polar surface area (TPSA) is 46.6 Å². The first-order valence-corrected chi connectivity index (χ1v) is 13.5. The highest BCUT2D eigenvalue weighted by molar-refractivity contribution is 6.11. The molecule has 0 bridgehead atoms. The predicted octanol–water partition coefficient (Wildman–Crippen LogP) is 9.02. The number of pyridine rings is 2. The minimum absolute atomic E-state index is 0.102. The van der Waals surface area contributed by atoms with Crippen LogP contribution in [0.25, 0.3) is 44.9 Å². The van der Waals surface area contributed by atoms with E-state index >= 15 is 0 Å². The van der Waals surface area contributed by atoms with Gasteiger partial charge in [0.15, 0.2) is 0 Å². The summed E-state index contributed by atoms with van der Waals surface area (Å²) in [6.07, 6.45) is 14.6. The van der Waals surface area contributed by atoms with Gasteiger partial charge >= 0.3 is 0 Å². The fraction of sp³-hybridized carbons (Fsp3) is 0.176. The molecule has 0 fully saturated rings. The van der Waals surface area contributed by atoms with E-state index in [2.05, 4.69) is 115 Å². The molecule has 0 spiro atoms. The van der Waals surface area contributed by atoms with Crippen molar-refractivity contribution in [2.75, 3.05) is 4.90 Å². The maximum atomic E-state index is 5.92. The van der Waals surface area contributed by atoms with Gasteiger partial charge in [0, 0.05) is 52.3 Å². The number of allylic oxidation sites excluding steroid dienone is 1. The summed E-state index contributed by atoms with van der Waals surface area (Å²) in [5, 5.41) is 1.07. The molecule has 8 rings (SSSR count). The van der Waals surface area contributed by atoms with E-state index in [-0.39, 0.29) is 5.41 Å². The van der Waals surface area contributed by atoms with Crippen LogP contribution in [0.4, 0.5) is 17.1 Å². The number of hydrogen-bond acceptors (Lipinski definition) is 4. The molecule has 0 atom stereocenters. The molecule has 2 aliphatic rings. The van der Waals surface area contributed by atoms with Crippen LogP contribution in [-0.4, -0.2) is 14.4 Å². The minimum Gasteiger partial charge on any atom is -0.464 e. The maximum Gasteiger partial charge on any atom is 0.137 e. The van der Waals surface area contributed by atoms with Crippen LogP contribution in [0.5, 0.6) is 0 Å². The number of imidazole rings is 1. The van der Waals surface area contributed by atoms with Gasteiger partial charge in [0.1, 0.15) is 11.2 Å². The van der Waals surface area contributed by atoms with Crippen LogP contribution in [0, 0.1) is 0 Å². The Labute approximate surface area is 227 Å². The molecule has 0 radical (unpaired) electrons. The summed E-state index contributed by atoms with van der Waals surface area (Å²) < 4.78 is 8.08. The van der Waals surface area contributed by atoms with Crippen LogP contribution in [0.15, 0.2) is 90.1 Å². The van der Waals surface area contributed by atoms with E-state index in [1.807, 2.05) is 12.4 Å². The summed E-state index contributed by atoms with van der Waals surface area (Å²) >= 11 is 0.